The fraction of sp³-hybridized carbons (Fsp3) is 0.533. The zero-order valence-corrected chi connectivity index (χ0v) is 12.2. The second-order valence-corrected chi connectivity index (χ2v) is 4.95. The van der Waals surface area contributed by atoms with E-state index in [1.54, 1.807) is 18.2 Å². The van der Waals surface area contributed by atoms with Gasteiger partial charge in [0.1, 0.15) is 11.3 Å². The molecule has 0 saturated carbocycles. The largest absolute Gasteiger partial charge is 0.493 e. The third-order valence-corrected chi connectivity index (χ3v) is 3.53. The van der Waals surface area contributed by atoms with Crippen molar-refractivity contribution in [2.24, 2.45) is 0 Å². The second-order valence-electron chi connectivity index (χ2n) is 4.95. The fourth-order valence-corrected chi connectivity index (χ4v) is 2.35. The maximum Gasteiger partial charge on any atom is 0.341 e. The summed E-state index contributed by atoms with van der Waals surface area (Å²) in [6.45, 7) is 2.80. The van der Waals surface area contributed by atoms with Gasteiger partial charge in [-0.2, -0.15) is 0 Å². The van der Waals surface area contributed by atoms with Crippen LogP contribution >= 0.6 is 0 Å². The van der Waals surface area contributed by atoms with E-state index in [2.05, 4.69) is 0 Å². The first-order valence-electron chi connectivity index (χ1n) is 6.95. The smallest absolute Gasteiger partial charge is 0.341 e. The van der Waals surface area contributed by atoms with Crippen LogP contribution in [0.5, 0.6) is 5.75 Å². The summed E-state index contributed by atoms with van der Waals surface area (Å²) in [7, 11) is 1.30. The zero-order chi connectivity index (χ0) is 15.5. The topological polar surface area (TPSA) is 38.8 Å². The molecule has 0 radical (unpaired) electrons. The van der Waals surface area contributed by atoms with Crippen molar-refractivity contribution in [3.05, 3.63) is 23.8 Å². The van der Waals surface area contributed by atoms with E-state index in [1.165, 1.54) is 7.11 Å². The summed E-state index contributed by atoms with van der Waals surface area (Å²) in [5.41, 5.74) is 1.12. The van der Waals surface area contributed by atoms with Gasteiger partial charge in [-0.3, -0.25) is 0 Å². The number of ether oxygens (including phenoxy) is 2. The third-order valence-electron chi connectivity index (χ3n) is 3.53. The van der Waals surface area contributed by atoms with E-state index in [-0.39, 0.29) is 25.9 Å². The Balaban J connectivity index is 2.22. The Morgan fingerprint density at radius 1 is 1.33 bits per heavy atom. The number of methoxy groups -OCH3 is 1. The van der Waals surface area contributed by atoms with E-state index >= 15 is 0 Å². The quantitative estimate of drug-likeness (QED) is 0.801. The van der Waals surface area contributed by atoms with Gasteiger partial charge in [-0.15, -0.1) is 0 Å². The predicted molar refractivity (Wildman–Crippen MR) is 75.3 cm³/mol. The molecule has 0 N–H and O–H groups in total. The van der Waals surface area contributed by atoms with E-state index < -0.39 is 11.9 Å². The van der Waals surface area contributed by atoms with Gasteiger partial charge < -0.3 is 14.4 Å². The van der Waals surface area contributed by atoms with E-state index in [0.29, 0.717) is 17.9 Å². The molecular weight excluding hydrogens is 280 g/mol. The van der Waals surface area contributed by atoms with E-state index in [1.807, 2.05) is 11.8 Å². The van der Waals surface area contributed by atoms with Crippen LogP contribution in [0.1, 0.15) is 30.1 Å². The van der Waals surface area contributed by atoms with E-state index in [9.17, 15) is 13.6 Å². The summed E-state index contributed by atoms with van der Waals surface area (Å²) in [4.78, 5) is 13.5. The fourth-order valence-electron chi connectivity index (χ4n) is 2.35. The number of hydrogen-bond donors (Lipinski definition) is 0. The molecule has 0 aliphatic carbocycles. The van der Waals surface area contributed by atoms with Gasteiger partial charge in [-0.05, 0) is 19.1 Å². The van der Waals surface area contributed by atoms with Gasteiger partial charge in [-0.1, -0.05) is 0 Å². The first kappa shape index (κ1) is 15.5. The first-order valence-corrected chi connectivity index (χ1v) is 6.95. The Morgan fingerprint density at radius 2 is 2.00 bits per heavy atom. The molecule has 1 fully saturated rings. The molecule has 0 atom stereocenters. The second kappa shape index (κ2) is 6.28. The van der Waals surface area contributed by atoms with Gasteiger partial charge in [0.25, 0.3) is 5.92 Å². The van der Waals surface area contributed by atoms with Crippen molar-refractivity contribution >= 4 is 11.7 Å². The van der Waals surface area contributed by atoms with Crippen LogP contribution in [0.3, 0.4) is 0 Å². The molecule has 21 heavy (non-hydrogen) atoms. The van der Waals surface area contributed by atoms with E-state index in [0.717, 1.165) is 5.69 Å². The highest BCUT2D eigenvalue weighted by Gasteiger charge is 2.34. The van der Waals surface area contributed by atoms with Gasteiger partial charge in [0.2, 0.25) is 0 Å². The van der Waals surface area contributed by atoms with Crippen molar-refractivity contribution in [3.63, 3.8) is 0 Å². The Kier molecular flexibility index (Phi) is 4.65. The highest BCUT2D eigenvalue weighted by atomic mass is 19.3. The molecule has 1 aromatic rings. The first-order chi connectivity index (χ1) is 9.96. The molecule has 0 bridgehead atoms. The van der Waals surface area contributed by atoms with Gasteiger partial charge >= 0.3 is 5.97 Å². The van der Waals surface area contributed by atoms with Gasteiger partial charge in [-0.25, -0.2) is 13.6 Å². The Hall–Kier alpha value is -1.85. The molecule has 1 heterocycles. The lowest BCUT2D eigenvalue weighted by molar-refractivity contribution is -0.0220. The summed E-state index contributed by atoms with van der Waals surface area (Å²) in [6.07, 6.45) is -0.314. The molecule has 0 aromatic heterocycles. The average molecular weight is 299 g/mol. The monoisotopic (exact) mass is 299 g/mol. The van der Waals surface area contributed by atoms with Crippen molar-refractivity contribution in [3.8, 4) is 5.75 Å². The minimum atomic E-state index is -2.58. The zero-order valence-electron chi connectivity index (χ0n) is 12.2. The Morgan fingerprint density at radius 3 is 2.57 bits per heavy atom. The number of esters is 1. The van der Waals surface area contributed by atoms with Gasteiger partial charge in [0, 0.05) is 37.7 Å². The number of rotatable bonds is 4. The molecule has 0 spiro atoms. The summed E-state index contributed by atoms with van der Waals surface area (Å²) in [5, 5.41) is 0. The number of anilines is 1. The lowest BCUT2D eigenvalue weighted by atomic mass is 10.1. The number of benzene rings is 1. The van der Waals surface area contributed by atoms with Crippen molar-refractivity contribution in [1.82, 2.24) is 0 Å². The number of piperidine rings is 1. The van der Waals surface area contributed by atoms with Crippen LogP contribution in [0.2, 0.25) is 0 Å². The predicted octanol–water partition coefficient (Wildman–Crippen LogP) is 3.11. The SMILES string of the molecule is CCOc1cc(N2CCC(F)(F)CC2)ccc1C(=O)OC. The molecule has 116 valence electrons. The van der Waals surface area contributed by atoms with Gasteiger partial charge in [0.05, 0.1) is 13.7 Å². The van der Waals surface area contributed by atoms with Crippen LogP contribution in [0.15, 0.2) is 18.2 Å². The molecule has 0 amide bonds. The average Bonchev–Trinajstić information content (AvgIpc) is 2.47. The third kappa shape index (κ3) is 3.62. The highest BCUT2D eigenvalue weighted by Crippen LogP contribution is 2.33. The standard InChI is InChI=1S/C15H19F2NO3/c1-3-21-13-10-11(4-5-12(13)14(19)20-2)18-8-6-15(16,17)7-9-18/h4-5,10H,3,6-9H2,1-2H3. The molecule has 6 heteroatoms. The van der Waals surface area contributed by atoms with Crippen molar-refractivity contribution < 1.29 is 23.0 Å². The molecule has 1 aliphatic heterocycles. The number of carbonyl (C=O) groups is 1. The van der Waals surface area contributed by atoms with Crippen LogP contribution in [0, 0.1) is 0 Å². The Bertz CT molecular complexity index is 510. The molecular formula is C15H19F2NO3. The summed E-state index contributed by atoms with van der Waals surface area (Å²) < 4.78 is 36.6. The molecule has 1 saturated heterocycles. The van der Waals surface area contributed by atoms with E-state index in [4.69, 9.17) is 9.47 Å². The molecule has 4 nitrogen and oxygen atoms in total. The maximum absolute atomic E-state index is 13.2. The lowest BCUT2D eigenvalue weighted by Gasteiger charge is -2.33. The molecule has 1 aliphatic rings. The lowest BCUT2D eigenvalue weighted by Crippen LogP contribution is -2.39. The summed E-state index contributed by atoms with van der Waals surface area (Å²) in [5.74, 6) is -2.64. The van der Waals surface area contributed by atoms with Gasteiger partial charge in [0.15, 0.2) is 0 Å². The number of alkyl halides is 2. The van der Waals surface area contributed by atoms with Crippen LogP contribution in [0.25, 0.3) is 0 Å². The minimum absolute atomic E-state index is 0.157. The van der Waals surface area contributed by atoms with Crippen LogP contribution < -0.4 is 9.64 Å². The summed E-state index contributed by atoms with van der Waals surface area (Å²) in [6, 6.07) is 5.05. The van der Waals surface area contributed by atoms with Crippen molar-refractivity contribution in [2.75, 3.05) is 31.7 Å². The molecule has 2 rings (SSSR count). The summed E-state index contributed by atoms with van der Waals surface area (Å²) >= 11 is 0. The van der Waals surface area contributed by atoms with Crippen LogP contribution in [-0.4, -0.2) is 38.7 Å². The van der Waals surface area contributed by atoms with Crippen molar-refractivity contribution in [1.29, 1.82) is 0 Å². The highest BCUT2D eigenvalue weighted by molar-refractivity contribution is 5.93. The van der Waals surface area contributed by atoms with Crippen molar-refractivity contribution in [2.45, 2.75) is 25.7 Å². The number of carbonyl (C=O) groups excluding carboxylic acids is 1. The van der Waals surface area contributed by atoms with Crippen LogP contribution in [-0.2, 0) is 4.74 Å². The number of halogens is 2. The number of nitrogens with zero attached hydrogens (tertiary/aromatic N) is 1. The maximum atomic E-state index is 13.2. The molecule has 1 aromatic carbocycles. The molecule has 0 unspecified atom stereocenters. The van der Waals surface area contributed by atoms with Crippen LogP contribution in [0.4, 0.5) is 14.5 Å². The number of hydrogen-bond acceptors (Lipinski definition) is 4. The minimum Gasteiger partial charge on any atom is -0.493 e. The normalized spacial score (nSPS) is 17.4. The Labute approximate surface area is 122 Å².